The first-order chi connectivity index (χ1) is 7.49. The monoisotopic (exact) mass is 358 g/mol. The Hall–Kier alpha value is -0.100. The first-order valence-electron chi connectivity index (χ1n) is 4.96. The summed E-state index contributed by atoms with van der Waals surface area (Å²) in [6.45, 7) is 2.76. The Morgan fingerprint density at radius 1 is 0.938 bits per heavy atom. The molecule has 0 rings (SSSR count). The van der Waals surface area contributed by atoms with Crippen LogP contribution in [0, 0.1) is 0 Å². The van der Waals surface area contributed by atoms with E-state index < -0.39 is 0 Å². The molecular weight excluding hydrogens is 344 g/mol. The van der Waals surface area contributed by atoms with E-state index >= 15 is 0 Å². The number of ether oxygens (including phenoxy) is 2. The molecule has 0 aliphatic heterocycles. The Morgan fingerprint density at radius 3 is 1.44 bits per heavy atom. The quantitative estimate of drug-likeness (QED) is 0.517. The zero-order valence-electron chi connectivity index (χ0n) is 9.37. The number of halogens is 2. The lowest BCUT2D eigenvalue weighted by Crippen LogP contribution is -2.23. The highest BCUT2D eigenvalue weighted by Crippen LogP contribution is 2.12. The first-order valence-corrected chi connectivity index (χ1v) is 7.20. The summed E-state index contributed by atoms with van der Waals surface area (Å²) in [7, 11) is 0. The van der Waals surface area contributed by atoms with E-state index in [1.54, 1.807) is 0 Å². The van der Waals surface area contributed by atoms with Crippen molar-refractivity contribution in [3.63, 3.8) is 0 Å². The Bertz CT molecular complexity index is 209. The van der Waals surface area contributed by atoms with E-state index in [4.69, 9.17) is 9.47 Å². The summed E-state index contributed by atoms with van der Waals surface area (Å²) in [6, 6.07) is 0. The number of carbonyl (C=O) groups is 2. The number of rotatable bonds is 7. The highest BCUT2D eigenvalue weighted by Gasteiger charge is 2.16. The molecule has 0 aliphatic carbocycles. The normalized spacial score (nSPS) is 14.0. The second-order valence-corrected chi connectivity index (χ2v) is 4.64. The SMILES string of the molecule is CC(=O)O[C@H](CBr)CC[C@@H](CBr)OC(C)=O. The van der Waals surface area contributed by atoms with Crippen LogP contribution in [0.4, 0.5) is 0 Å². The molecule has 0 heterocycles. The number of alkyl halides is 2. The number of hydrogen-bond acceptors (Lipinski definition) is 4. The van der Waals surface area contributed by atoms with Crippen LogP contribution in [-0.2, 0) is 19.1 Å². The third-order valence-corrected chi connectivity index (χ3v) is 3.26. The van der Waals surface area contributed by atoms with Gasteiger partial charge < -0.3 is 9.47 Å². The maximum Gasteiger partial charge on any atom is 0.302 e. The predicted molar refractivity (Wildman–Crippen MR) is 67.9 cm³/mol. The van der Waals surface area contributed by atoms with E-state index in [1.165, 1.54) is 13.8 Å². The van der Waals surface area contributed by atoms with Gasteiger partial charge in [0.25, 0.3) is 0 Å². The van der Waals surface area contributed by atoms with Gasteiger partial charge in [-0.1, -0.05) is 31.9 Å². The van der Waals surface area contributed by atoms with Gasteiger partial charge >= 0.3 is 11.9 Å². The summed E-state index contributed by atoms with van der Waals surface area (Å²) in [5, 5.41) is 1.17. The summed E-state index contributed by atoms with van der Waals surface area (Å²) in [6.07, 6.45) is 0.979. The van der Waals surface area contributed by atoms with Crippen molar-refractivity contribution in [1.82, 2.24) is 0 Å². The zero-order chi connectivity index (χ0) is 12.6. The lowest BCUT2D eigenvalue weighted by atomic mass is 10.1. The molecule has 6 heteroatoms. The van der Waals surface area contributed by atoms with Crippen molar-refractivity contribution >= 4 is 43.8 Å². The van der Waals surface area contributed by atoms with Crippen molar-refractivity contribution < 1.29 is 19.1 Å². The van der Waals surface area contributed by atoms with Crippen LogP contribution in [-0.4, -0.2) is 34.8 Å². The van der Waals surface area contributed by atoms with Crippen LogP contribution in [0.15, 0.2) is 0 Å². The number of esters is 2. The van der Waals surface area contributed by atoms with Crippen molar-refractivity contribution in [2.75, 3.05) is 10.7 Å². The lowest BCUT2D eigenvalue weighted by Gasteiger charge is -2.18. The minimum absolute atomic E-state index is 0.172. The average molecular weight is 360 g/mol. The van der Waals surface area contributed by atoms with Crippen LogP contribution in [0.5, 0.6) is 0 Å². The van der Waals surface area contributed by atoms with Crippen LogP contribution in [0.3, 0.4) is 0 Å². The maximum absolute atomic E-state index is 10.8. The van der Waals surface area contributed by atoms with Gasteiger partial charge in [0.15, 0.2) is 0 Å². The van der Waals surface area contributed by atoms with Crippen LogP contribution in [0.1, 0.15) is 26.7 Å². The summed E-state index contributed by atoms with van der Waals surface area (Å²) in [5.74, 6) is -0.598. The number of carbonyl (C=O) groups excluding carboxylic acids is 2. The highest BCUT2D eigenvalue weighted by molar-refractivity contribution is 9.09. The minimum atomic E-state index is -0.299. The summed E-state index contributed by atoms with van der Waals surface area (Å²) >= 11 is 6.54. The van der Waals surface area contributed by atoms with Crippen LogP contribution in [0.25, 0.3) is 0 Å². The molecule has 0 bridgehead atoms. The van der Waals surface area contributed by atoms with Gasteiger partial charge in [-0.3, -0.25) is 9.59 Å². The molecule has 2 atom stereocenters. The molecule has 0 aromatic carbocycles. The lowest BCUT2D eigenvalue weighted by molar-refractivity contribution is -0.149. The molecular formula is C10H16Br2O4. The van der Waals surface area contributed by atoms with E-state index in [0.717, 1.165) is 0 Å². The van der Waals surface area contributed by atoms with E-state index in [1.807, 2.05) is 0 Å². The van der Waals surface area contributed by atoms with Gasteiger partial charge in [0, 0.05) is 24.5 Å². The molecule has 0 fully saturated rings. The van der Waals surface area contributed by atoms with E-state index in [-0.39, 0.29) is 24.1 Å². The van der Waals surface area contributed by atoms with Crippen LogP contribution >= 0.6 is 31.9 Å². The van der Waals surface area contributed by atoms with Gasteiger partial charge in [-0.05, 0) is 12.8 Å². The molecule has 0 saturated carbocycles. The van der Waals surface area contributed by atoms with Gasteiger partial charge in [-0.25, -0.2) is 0 Å². The summed E-state index contributed by atoms with van der Waals surface area (Å²) < 4.78 is 10.1. The van der Waals surface area contributed by atoms with Gasteiger partial charge in [0.05, 0.1) is 0 Å². The van der Waals surface area contributed by atoms with Gasteiger partial charge in [-0.15, -0.1) is 0 Å². The van der Waals surface area contributed by atoms with Gasteiger partial charge in [0.1, 0.15) is 12.2 Å². The van der Waals surface area contributed by atoms with E-state index in [2.05, 4.69) is 31.9 Å². The highest BCUT2D eigenvalue weighted by atomic mass is 79.9. The Balaban J connectivity index is 3.96. The molecule has 0 amide bonds. The molecule has 16 heavy (non-hydrogen) atoms. The standard InChI is InChI=1S/C10H16Br2O4/c1-7(13)15-9(5-11)3-4-10(6-12)16-8(2)14/h9-10H,3-6H2,1-2H3/t9-,10-/m0/s1. The molecule has 0 aromatic heterocycles. The van der Waals surface area contributed by atoms with Gasteiger partial charge in [-0.2, -0.15) is 0 Å². The van der Waals surface area contributed by atoms with E-state index in [9.17, 15) is 9.59 Å². The van der Waals surface area contributed by atoms with Gasteiger partial charge in [0.2, 0.25) is 0 Å². The minimum Gasteiger partial charge on any atom is -0.462 e. The third-order valence-electron chi connectivity index (χ3n) is 1.82. The van der Waals surface area contributed by atoms with Crippen molar-refractivity contribution in [2.24, 2.45) is 0 Å². The van der Waals surface area contributed by atoms with Crippen molar-refractivity contribution in [3.05, 3.63) is 0 Å². The van der Waals surface area contributed by atoms with E-state index in [0.29, 0.717) is 23.5 Å². The molecule has 0 N–H and O–H groups in total. The van der Waals surface area contributed by atoms with Crippen LogP contribution < -0.4 is 0 Å². The fourth-order valence-corrected chi connectivity index (χ4v) is 2.09. The Labute approximate surface area is 112 Å². The fraction of sp³-hybridized carbons (Fsp3) is 0.800. The molecule has 0 aliphatic rings. The second kappa shape index (κ2) is 8.98. The molecule has 0 spiro atoms. The maximum atomic E-state index is 10.8. The topological polar surface area (TPSA) is 52.6 Å². The largest absolute Gasteiger partial charge is 0.462 e. The van der Waals surface area contributed by atoms with Crippen LogP contribution in [0.2, 0.25) is 0 Å². The van der Waals surface area contributed by atoms with Crippen molar-refractivity contribution in [1.29, 1.82) is 0 Å². The number of hydrogen-bond donors (Lipinski definition) is 0. The first kappa shape index (κ1) is 15.9. The Kier molecular flexibility index (Phi) is 8.93. The fourth-order valence-electron chi connectivity index (χ4n) is 1.18. The molecule has 4 nitrogen and oxygen atoms in total. The zero-order valence-corrected chi connectivity index (χ0v) is 12.5. The smallest absolute Gasteiger partial charge is 0.302 e. The third kappa shape index (κ3) is 8.10. The predicted octanol–water partition coefficient (Wildman–Crippen LogP) is 2.42. The molecule has 94 valence electrons. The molecule has 0 unspecified atom stereocenters. The average Bonchev–Trinajstić information content (AvgIpc) is 2.20. The molecule has 0 aromatic rings. The molecule has 0 radical (unpaired) electrons. The van der Waals surface area contributed by atoms with Crippen molar-refractivity contribution in [2.45, 2.75) is 38.9 Å². The molecule has 0 saturated heterocycles. The summed E-state index contributed by atoms with van der Waals surface area (Å²) in [4.78, 5) is 21.5. The van der Waals surface area contributed by atoms with Crippen molar-refractivity contribution in [3.8, 4) is 0 Å². The summed E-state index contributed by atoms with van der Waals surface area (Å²) in [5.41, 5.74) is 0. The second-order valence-electron chi connectivity index (χ2n) is 3.35. The Morgan fingerprint density at radius 2 is 1.25 bits per heavy atom.